The zero-order valence-corrected chi connectivity index (χ0v) is 21.2. The van der Waals surface area contributed by atoms with Crippen LogP contribution in [0.1, 0.15) is 51.9 Å². The maximum absolute atomic E-state index is 12.7. The van der Waals surface area contributed by atoms with E-state index in [1.54, 1.807) is 21.0 Å². The van der Waals surface area contributed by atoms with Gasteiger partial charge in [-0.15, -0.1) is 24.0 Å². The second-order valence-electron chi connectivity index (χ2n) is 7.82. The lowest BCUT2D eigenvalue weighted by molar-refractivity contribution is -0.135. The summed E-state index contributed by atoms with van der Waals surface area (Å²) in [6.07, 6.45) is 7.33. The van der Waals surface area contributed by atoms with E-state index in [4.69, 9.17) is 0 Å². The number of carbonyl (C=O) groups excluding carboxylic acids is 1. The number of hydrogen-bond donors (Lipinski definition) is 2. The van der Waals surface area contributed by atoms with Gasteiger partial charge in [0.2, 0.25) is 15.9 Å². The molecular formula is C19H38IN5O3S. The SMILES string of the molecule is CCS(=O)(=O)N(C)CCCNC(=NC)NC1CCN(C(=O)C2CCCCC2)C1.I. The minimum Gasteiger partial charge on any atom is -0.356 e. The largest absolute Gasteiger partial charge is 0.356 e. The highest BCUT2D eigenvalue weighted by molar-refractivity contribution is 14.0. The fourth-order valence-corrected chi connectivity index (χ4v) is 4.79. The van der Waals surface area contributed by atoms with Crippen LogP contribution < -0.4 is 10.6 Å². The molecule has 170 valence electrons. The molecule has 1 aliphatic heterocycles. The van der Waals surface area contributed by atoms with E-state index in [1.807, 2.05) is 4.90 Å². The molecule has 1 saturated carbocycles. The van der Waals surface area contributed by atoms with Crippen molar-refractivity contribution in [3.05, 3.63) is 0 Å². The van der Waals surface area contributed by atoms with Gasteiger partial charge in [0.05, 0.1) is 5.75 Å². The first-order valence-corrected chi connectivity index (χ1v) is 12.2. The first-order chi connectivity index (χ1) is 13.4. The summed E-state index contributed by atoms with van der Waals surface area (Å²) in [6.45, 7) is 4.31. The van der Waals surface area contributed by atoms with Crippen molar-refractivity contribution in [2.45, 2.75) is 57.9 Å². The van der Waals surface area contributed by atoms with E-state index in [2.05, 4.69) is 15.6 Å². The van der Waals surface area contributed by atoms with Crippen LogP contribution in [0.15, 0.2) is 4.99 Å². The molecule has 1 atom stereocenters. The van der Waals surface area contributed by atoms with Crippen LogP contribution in [-0.2, 0) is 14.8 Å². The highest BCUT2D eigenvalue weighted by atomic mass is 127. The van der Waals surface area contributed by atoms with Crippen molar-refractivity contribution >= 4 is 45.9 Å². The van der Waals surface area contributed by atoms with Crippen LogP contribution in [0.25, 0.3) is 0 Å². The lowest BCUT2D eigenvalue weighted by Gasteiger charge is -2.26. The Morgan fingerprint density at radius 1 is 1.21 bits per heavy atom. The molecule has 2 aliphatic rings. The van der Waals surface area contributed by atoms with Gasteiger partial charge in [0.25, 0.3) is 0 Å². The van der Waals surface area contributed by atoms with Crippen molar-refractivity contribution in [3.8, 4) is 0 Å². The molecule has 0 spiro atoms. The lowest BCUT2D eigenvalue weighted by atomic mass is 9.88. The van der Waals surface area contributed by atoms with Crippen LogP contribution >= 0.6 is 24.0 Å². The van der Waals surface area contributed by atoms with Crippen molar-refractivity contribution in [1.29, 1.82) is 0 Å². The summed E-state index contributed by atoms with van der Waals surface area (Å²) in [5, 5.41) is 6.64. The molecule has 0 bridgehead atoms. The van der Waals surface area contributed by atoms with E-state index in [0.717, 1.165) is 32.4 Å². The van der Waals surface area contributed by atoms with Crippen LogP contribution in [-0.4, -0.2) is 81.6 Å². The quantitative estimate of drug-likeness (QED) is 0.210. The van der Waals surface area contributed by atoms with Gasteiger partial charge in [0.1, 0.15) is 0 Å². The second-order valence-corrected chi connectivity index (χ2v) is 10.2. The highest BCUT2D eigenvalue weighted by Crippen LogP contribution is 2.26. The monoisotopic (exact) mass is 543 g/mol. The number of carbonyl (C=O) groups is 1. The normalized spacial score (nSPS) is 21.2. The third-order valence-electron chi connectivity index (χ3n) is 5.80. The third kappa shape index (κ3) is 8.20. The smallest absolute Gasteiger partial charge is 0.225 e. The summed E-state index contributed by atoms with van der Waals surface area (Å²) in [4.78, 5) is 18.9. The van der Waals surface area contributed by atoms with E-state index in [-0.39, 0.29) is 41.7 Å². The predicted molar refractivity (Wildman–Crippen MR) is 128 cm³/mol. The molecule has 2 fully saturated rings. The number of rotatable bonds is 8. The fraction of sp³-hybridized carbons (Fsp3) is 0.895. The lowest BCUT2D eigenvalue weighted by Crippen LogP contribution is -2.46. The minimum atomic E-state index is -3.12. The molecule has 8 nitrogen and oxygen atoms in total. The molecular weight excluding hydrogens is 505 g/mol. The van der Waals surface area contributed by atoms with Crippen molar-refractivity contribution in [2.24, 2.45) is 10.9 Å². The number of hydrogen-bond acceptors (Lipinski definition) is 4. The van der Waals surface area contributed by atoms with Gasteiger partial charge in [-0.2, -0.15) is 0 Å². The zero-order valence-electron chi connectivity index (χ0n) is 18.0. The van der Waals surface area contributed by atoms with E-state index in [0.29, 0.717) is 31.4 Å². The third-order valence-corrected chi connectivity index (χ3v) is 7.66. The van der Waals surface area contributed by atoms with E-state index >= 15 is 0 Å². The molecule has 29 heavy (non-hydrogen) atoms. The zero-order chi connectivity index (χ0) is 20.6. The Morgan fingerprint density at radius 2 is 1.90 bits per heavy atom. The van der Waals surface area contributed by atoms with Crippen molar-refractivity contribution < 1.29 is 13.2 Å². The Balaban J connectivity index is 0.00000420. The fourth-order valence-electron chi connectivity index (χ4n) is 3.94. The molecule has 2 rings (SSSR count). The number of guanidine groups is 1. The standard InChI is InChI=1S/C19H37N5O3S.HI/c1-4-28(26,27)23(3)13-8-12-21-19(20-2)22-17-11-14-24(15-17)18(25)16-9-6-5-7-10-16;/h16-17H,4-15H2,1-3H3,(H2,20,21,22);1H. The Hall–Kier alpha value is -0.620. The molecule has 1 saturated heterocycles. The van der Waals surface area contributed by atoms with Crippen LogP contribution in [0, 0.1) is 5.92 Å². The van der Waals surface area contributed by atoms with Crippen LogP contribution in [0.4, 0.5) is 0 Å². The van der Waals surface area contributed by atoms with Gasteiger partial charge in [0, 0.05) is 52.2 Å². The van der Waals surface area contributed by atoms with E-state index < -0.39 is 10.0 Å². The maximum Gasteiger partial charge on any atom is 0.225 e. The summed E-state index contributed by atoms with van der Waals surface area (Å²) < 4.78 is 24.9. The van der Waals surface area contributed by atoms with Crippen LogP contribution in [0.2, 0.25) is 0 Å². The Labute approximate surface area is 193 Å². The number of aliphatic imine (C=N–C) groups is 1. The van der Waals surface area contributed by atoms with Gasteiger partial charge < -0.3 is 15.5 Å². The van der Waals surface area contributed by atoms with E-state index in [9.17, 15) is 13.2 Å². The number of nitrogens with one attached hydrogen (secondary N) is 2. The first-order valence-electron chi connectivity index (χ1n) is 10.6. The van der Waals surface area contributed by atoms with Gasteiger partial charge in [-0.3, -0.25) is 9.79 Å². The Kier molecular flexibility index (Phi) is 11.8. The van der Waals surface area contributed by atoms with Gasteiger partial charge >= 0.3 is 0 Å². The molecule has 0 radical (unpaired) electrons. The summed E-state index contributed by atoms with van der Waals surface area (Å²) >= 11 is 0. The van der Waals surface area contributed by atoms with Gasteiger partial charge in [0.15, 0.2) is 5.96 Å². The molecule has 0 aromatic carbocycles. The summed E-state index contributed by atoms with van der Waals surface area (Å²) in [5.41, 5.74) is 0. The van der Waals surface area contributed by atoms with Gasteiger partial charge in [-0.25, -0.2) is 12.7 Å². The second kappa shape index (κ2) is 12.9. The van der Waals surface area contributed by atoms with Gasteiger partial charge in [-0.1, -0.05) is 19.3 Å². The summed E-state index contributed by atoms with van der Waals surface area (Å²) in [7, 11) is 0.214. The molecule has 0 aromatic heterocycles. The Morgan fingerprint density at radius 3 is 2.52 bits per heavy atom. The molecule has 1 heterocycles. The number of sulfonamides is 1. The molecule has 1 amide bonds. The Bertz CT molecular complexity index is 638. The molecule has 10 heteroatoms. The number of halogens is 1. The molecule has 1 unspecified atom stereocenters. The summed E-state index contributed by atoms with van der Waals surface area (Å²) in [6, 6.07) is 0.210. The topological polar surface area (TPSA) is 94.1 Å². The predicted octanol–water partition coefficient (Wildman–Crippen LogP) is 1.62. The number of amides is 1. The minimum absolute atomic E-state index is 0. The van der Waals surface area contributed by atoms with Crippen molar-refractivity contribution in [3.63, 3.8) is 0 Å². The molecule has 2 N–H and O–H groups in total. The molecule has 1 aliphatic carbocycles. The average molecular weight is 544 g/mol. The number of likely N-dealkylation sites (tertiary alicyclic amines) is 1. The maximum atomic E-state index is 12.7. The van der Waals surface area contributed by atoms with Crippen LogP contribution in [0.5, 0.6) is 0 Å². The average Bonchev–Trinajstić information content (AvgIpc) is 3.18. The summed E-state index contributed by atoms with van der Waals surface area (Å²) in [5.74, 6) is 1.38. The van der Waals surface area contributed by atoms with E-state index in [1.165, 1.54) is 23.6 Å². The highest BCUT2D eigenvalue weighted by Gasteiger charge is 2.31. The van der Waals surface area contributed by atoms with Crippen molar-refractivity contribution in [2.75, 3.05) is 46.0 Å². The molecule has 0 aromatic rings. The first kappa shape index (κ1) is 26.4. The number of nitrogens with zero attached hydrogens (tertiary/aromatic N) is 3. The van der Waals surface area contributed by atoms with Crippen LogP contribution in [0.3, 0.4) is 0 Å². The van der Waals surface area contributed by atoms with Gasteiger partial charge in [-0.05, 0) is 32.6 Å². The van der Waals surface area contributed by atoms with Crippen molar-refractivity contribution in [1.82, 2.24) is 19.8 Å².